The van der Waals surface area contributed by atoms with E-state index in [4.69, 9.17) is 28.6 Å². The lowest BCUT2D eigenvalue weighted by Gasteiger charge is -2.14. The highest BCUT2D eigenvalue weighted by Gasteiger charge is 2.33. The topological polar surface area (TPSA) is 33.3 Å². The lowest BCUT2D eigenvalue weighted by molar-refractivity contribution is -0.137. The first-order chi connectivity index (χ1) is 12.3. The van der Waals surface area contributed by atoms with Crippen LogP contribution in [0.2, 0.25) is 5.02 Å². The van der Waals surface area contributed by atoms with Crippen molar-refractivity contribution in [2.75, 3.05) is 19.0 Å². The van der Waals surface area contributed by atoms with Crippen LogP contribution >= 0.6 is 23.8 Å². The number of hydrogen-bond acceptors (Lipinski definition) is 2. The summed E-state index contributed by atoms with van der Waals surface area (Å²) in [5.74, 6) is 0.802. The normalized spacial score (nSPS) is 11.1. The second-order valence-electron chi connectivity index (χ2n) is 5.53. The van der Waals surface area contributed by atoms with Crippen molar-refractivity contribution in [2.45, 2.75) is 19.0 Å². The van der Waals surface area contributed by atoms with E-state index in [1.165, 1.54) is 12.1 Å². The summed E-state index contributed by atoms with van der Waals surface area (Å²) in [5.41, 5.74) is 0.467. The van der Waals surface area contributed by atoms with Crippen LogP contribution in [0, 0.1) is 0 Å². The fraction of sp³-hybridized carbons (Fsp3) is 0.278. The SMILES string of the molecule is COc1cccc(CCCNC(=S)Nc2ccc(Cl)c(C(F)(F)F)c2)c1. The summed E-state index contributed by atoms with van der Waals surface area (Å²) in [6.45, 7) is 0.586. The summed E-state index contributed by atoms with van der Waals surface area (Å²) in [5, 5.41) is 5.63. The van der Waals surface area contributed by atoms with Gasteiger partial charge in [0.05, 0.1) is 17.7 Å². The van der Waals surface area contributed by atoms with E-state index < -0.39 is 11.7 Å². The maximum absolute atomic E-state index is 12.9. The van der Waals surface area contributed by atoms with Gasteiger partial charge in [0.25, 0.3) is 0 Å². The second-order valence-corrected chi connectivity index (χ2v) is 6.34. The van der Waals surface area contributed by atoms with Gasteiger partial charge in [-0.1, -0.05) is 23.7 Å². The molecule has 0 spiro atoms. The van der Waals surface area contributed by atoms with Crippen LogP contribution in [0.5, 0.6) is 5.75 Å². The molecule has 0 fully saturated rings. The van der Waals surface area contributed by atoms with Crippen molar-refractivity contribution in [2.24, 2.45) is 0 Å². The standard InChI is InChI=1S/C18H18ClF3N2OS/c1-25-14-6-2-4-12(10-14)5-3-9-23-17(26)24-13-7-8-16(19)15(11-13)18(20,21)22/h2,4,6-8,10-11H,3,5,9H2,1H3,(H2,23,24,26). The van der Waals surface area contributed by atoms with Gasteiger partial charge in [-0.3, -0.25) is 0 Å². The molecule has 0 aromatic heterocycles. The molecule has 2 aromatic rings. The van der Waals surface area contributed by atoms with Gasteiger partial charge >= 0.3 is 6.18 Å². The van der Waals surface area contributed by atoms with Crippen LogP contribution < -0.4 is 15.4 Å². The Kier molecular flexibility index (Phi) is 7.11. The Morgan fingerprint density at radius 1 is 1.19 bits per heavy atom. The van der Waals surface area contributed by atoms with E-state index in [0.717, 1.165) is 30.2 Å². The number of nitrogens with one attached hydrogen (secondary N) is 2. The minimum Gasteiger partial charge on any atom is -0.497 e. The third kappa shape index (κ3) is 6.07. The van der Waals surface area contributed by atoms with Crippen LogP contribution in [0.25, 0.3) is 0 Å². The molecule has 8 heteroatoms. The zero-order valence-electron chi connectivity index (χ0n) is 14.0. The van der Waals surface area contributed by atoms with E-state index in [9.17, 15) is 13.2 Å². The number of benzene rings is 2. The predicted molar refractivity (Wildman–Crippen MR) is 102 cm³/mol. The largest absolute Gasteiger partial charge is 0.497 e. The van der Waals surface area contributed by atoms with Crippen molar-refractivity contribution >= 4 is 34.6 Å². The number of thiocarbonyl (C=S) groups is 1. The number of ether oxygens (including phenoxy) is 1. The summed E-state index contributed by atoms with van der Waals surface area (Å²) in [7, 11) is 1.62. The number of alkyl halides is 3. The minimum atomic E-state index is -4.51. The highest BCUT2D eigenvalue weighted by molar-refractivity contribution is 7.80. The molecule has 0 aliphatic heterocycles. The molecule has 0 unspecified atom stereocenters. The fourth-order valence-corrected chi connectivity index (χ4v) is 2.76. The van der Waals surface area contributed by atoms with Gasteiger partial charge in [-0.25, -0.2) is 0 Å². The van der Waals surface area contributed by atoms with E-state index in [1.54, 1.807) is 7.11 Å². The summed E-state index contributed by atoms with van der Waals surface area (Å²) < 4.78 is 43.8. The molecule has 0 amide bonds. The number of methoxy groups -OCH3 is 1. The quantitative estimate of drug-likeness (QED) is 0.508. The molecule has 0 saturated heterocycles. The molecule has 0 aliphatic rings. The summed E-state index contributed by atoms with van der Waals surface area (Å²) in [4.78, 5) is 0. The number of halogens is 4. The Bertz CT molecular complexity index is 768. The Morgan fingerprint density at radius 3 is 2.65 bits per heavy atom. The maximum atomic E-state index is 12.9. The van der Waals surface area contributed by atoms with E-state index in [1.807, 2.05) is 24.3 Å². The first kappa shape index (κ1) is 20.3. The zero-order chi connectivity index (χ0) is 19.2. The Balaban J connectivity index is 1.82. The highest BCUT2D eigenvalue weighted by atomic mass is 35.5. The minimum absolute atomic E-state index is 0.229. The molecule has 2 N–H and O–H groups in total. The molecule has 2 aromatic carbocycles. The van der Waals surface area contributed by atoms with Crippen LogP contribution in [0.1, 0.15) is 17.5 Å². The average Bonchev–Trinajstić information content (AvgIpc) is 2.59. The highest BCUT2D eigenvalue weighted by Crippen LogP contribution is 2.36. The lowest BCUT2D eigenvalue weighted by atomic mass is 10.1. The van der Waals surface area contributed by atoms with Crippen molar-refractivity contribution in [3.63, 3.8) is 0 Å². The van der Waals surface area contributed by atoms with Gasteiger partial charge in [0, 0.05) is 12.2 Å². The van der Waals surface area contributed by atoms with Crippen molar-refractivity contribution in [3.05, 3.63) is 58.6 Å². The summed E-state index contributed by atoms with van der Waals surface area (Å²) >= 11 is 10.7. The lowest BCUT2D eigenvalue weighted by Crippen LogP contribution is -2.29. The maximum Gasteiger partial charge on any atom is 0.417 e. The monoisotopic (exact) mass is 402 g/mol. The van der Waals surface area contributed by atoms with Crippen LogP contribution in [-0.4, -0.2) is 18.8 Å². The molecular formula is C18H18ClF3N2OS. The van der Waals surface area contributed by atoms with Gasteiger partial charge in [-0.15, -0.1) is 0 Å². The Morgan fingerprint density at radius 2 is 1.96 bits per heavy atom. The van der Waals surface area contributed by atoms with Crippen molar-refractivity contribution in [3.8, 4) is 5.75 Å². The number of hydrogen-bond donors (Lipinski definition) is 2. The molecule has 26 heavy (non-hydrogen) atoms. The van der Waals surface area contributed by atoms with Crippen LogP contribution in [-0.2, 0) is 12.6 Å². The third-order valence-electron chi connectivity index (χ3n) is 3.59. The summed E-state index contributed by atoms with van der Waals surface area (Å²) in [6.07, 6.45) is -2.88. The van der Waals surface area contributed by atoms with E-state index >= 15 is 0 Å². The molecule has 0 atom stereocenters. The van der Waals surface area contributed by atoms with Crippen molar-refractivity contribution in [1.82, 2.24) is 5.32 Å². The molecule has 2 rings (SSSR count). The molecule has 0 radical (unpaired) electrons. The second kappa shape index (κ2) is 9.09. The van der Waals surface area contributed by atoms with Gasteiger partial charge in [0.1, 0.15) is 5.75 Å². The van der Waals surface area contributed by atoms with Gasteiger partial charge in [0.2, 0.25) is 0 Å². The number of anilines is 1. The molecule has 0 heterocycles. The van der Waals surface area contributed by atoms with Gasteiger partial charge < -0.3 is 15.4 Å². The molecule has 3 nitrogen and oxygen atoms in total. The number of rotatable bonds is 6. The first-order valence-electron chi connectivity index (χ1n) is 7.84. The van der Waals surface area contributed by atoms with Crippen LogP contribution in [0.15, 0.2) is 42.5 Å². The molecule has 0 bridgehead atoms. The van der Waals surface area contributed by atoms with Crippen LogP contribution in [0.4, 0.5) is 18.9 Å². The van der Waals surface area contributed by atoms with Gasteiger partial charge in [-0.05, 0) is 61.0 Å². The molecule has 140 valence electrons. The van der Waals surface area contributed by atoms with Crippen molar-refractivity contribution in [1.29, 1.82) is 0 Å². The Hall–Kier alpha value is -1.99. The number of aryl methyl sites for hydroxylation is 1. The first-order valence-corrected chi connectivity index (χ1v) is 8.63. The molecule has 0 saturated carbocycles. The molecular weight excluding hydrogens is 385 g/mol. The third-order valence-corrected chi connectivity index (χ3v) is 4.17. The van der Waals surface area contributed by atoms with Gasteiger partial charge in [-0.2, -0.15) is 13.2 Å². The Labute approximate surface area is 160 Å². The van der Waals surface area contributed by atoms with Gasteiger partial charge in [0.15, 0.2) is 5.11 Å². The van der Waals surface area contributed by atoms with Crippen molar-refractivity contribution < 1.29 is 17.9 Å². The van der Waals surface area contributed by atoms with E-state index in [0.29, 0.717) is 6.54 Å². The average molecular weight is 403 g/mol. The molecule has 0 aliphatic carbocycles. The van der Waals surface area contributed by atoms with E-state index in [2.05, 4.69) is 10.6 Å². The van der Waals surface area contributed by atoms with E-state index in [-0.39, 0.29) is 15.8 Å². The fourth-order valence-electron chi connectivity index (χ4n) is 2.32. The summed E-state index contributed by atoms with van der Waals surface area (Å²) in [6, 6.07) is 11.3. The smallest absolute Gasteiger partial charge is 0.417 e. The van der Waals surface area contributed by atoms with Crippen LogP contribution in [0.3, 0.4) is 0 Å². The predicted octanol–water partition coefficient (Wildman–Crippen LogP) is 5.29. The zero-order valence-corrected chi connectivity index (χ0v) is 15.6.